The van der Waals surface area contributed by atoms with Gasteiger partial charge in [0.1, 0.15) is 11.8 Å². The zero-order valence-electron chi connectivity index (χ0n) is 17.9. The van der Waals surface area contributed by atoms with E-state index < -0.39 is 6.04 Å². The number of nitrogens with one attached hydrogen (secondary N) is 3. The standard InChI is InChI=1S/C21H32N4O4S/c1-4-22-21(30)25-12-9-15(10-13-25)18(20(27)23-11-14-28-2)24-19(26)16-5-7-17(29-3)8-6-16/h5-8,15,18H,4,9-14H2,1-3H3,(H,22,30)(H,23,27)(H,24,26). The van der Waals surface area contributed by atoms with Crippen LogP contribution in [0.2, 0.25) is 0 Å². The summed E-state index contributed by atoms with van der Waals surface area (Å²) in [6.07, 6.45) is 1.52. The number of carbonyl (C=O) groups is 2. The number of rotatable bonds is 9. The van der Waals surface area contributed by atoms with Crippen molar-refractivity contribution in [1.29, 1.82) is 0 Å². The summed E-state index contributed by atoms with van der Waals surface area (Å²) in [6.45, 7) is 5.09. The number of benzene rings is 1. The Morgan fingerprint density at radius 2 is 1.83 bits per heavy atom. The van der Waals surface area contributed by atoms with E-state index in [4.69, 9.17) is 21.7 Å². The molecule has 0 saturated carbocycles. The molecule has 1 fully saturated rings. The average Bonchev–Trinajstić information content (AvgIpc) is 2.77. The Hall–Kier alpha value is -2.39. The van der Waals surface area contributed by atoms with E-state index in [1.807, 2.05) is 6.92 Å². The maximum absolute atomic E-state index is 12.8. The van der Waals surface area contributed by atoms with Gasteiger partial charge in [0.15, 0.2) is 5.11 Å². The molecule has 0 radical (unpaired) electrons. The number of amides is 2. The van der Waals surface area contributed by atoms with Crippen molar-refractivity contribution in [2.75, 3.05) is 47.0 Å². The van der Waals surface area contributed by atoms with Gasteiger partial charge >= 0.3 is 0 Å². The number of thiocarbonyl (C=S) groups is 1. The maximum atomic E-state index is 12.8. The molecular formula is C21H32N4O4S. The maximum Gasteiger partial charge on any atom is 0.251 e. The lowest BCUT2D eigenvalue weighted by Gasteiger charge is -2.37. The lowest BCUT2D eigenvalue weighted by atomic mass is 9.88. The molecule has 2 rings (SSSR count). The van der Waals surface area contributed by atoms with Gasteiger partial charge in [-0.2, -0.15) is 0 Å². The first-order valence-electron chi connectivity index (χ1n) is 10.2. The molecule has 1 aromatic rings. The summed E-state index contributed by atoms with van der Waals surface area (Å²) in [4.78, 5) is 27.8. The third-order valence-electron chi connectivity index (χ3n) is 5.15. The second kappa shape index (κ2) is 12.3. The van der Waals surface area contributed by atoms with Crippen molar-refractivity contribution in [3.8, 4) is 5.75 Å². The Morgan fingerprint density at radius 3 is 2.40 bits per heavy atom. The first-order valence-corrected chi connectivity index (χ1v) is 10.6. The summed E-state index contributed by atoms with van der Waals surface area (Å²) in [6, 6.07) is 6.20. The molecule has 0 spiro atoms. The van der Waals surface area contributed by atoms with Crippen molar-refractivity contribution in [1.82, 2.24) is 20.9 Å². The zero-order valence-corrected chi connectivity index (χ0v) is 18.7. The van der Waals surface area contributed by atoms with Crippen LogP contribution in [0.1, 0.15) is 30.1 Å². The van der Waals surface area contributed by atoms with Gasteiger partial charge < -0.3 is 30.3 Å². The smallest absolute Gasteiger partial charge is 0.251 e. The van der Waals surface area contributed by atoms with Crippen molar-refractivity contribution >= 4 is 29.1 Å². The van der Waals surface area contributed by atoms with Crippen molar-refractivity contribution in [2.45, 2.75) is 25.8 Å². The summed E-state index contributed by atoms with van der Waals surface area (Å²) in [5, 5.41) is 9.70. The van der Waals surface area contributed by atoms with Crippen LogP contribution in [0.4, 0.5) is 0 Å². The highest BCUT2D eigenvalue weighted by atomic mass is 32.1. The van der Waals surface area contributed by atoms with Crippen molar-refractivity contribution < 1.29 is 19.1 Å². The minimum atomic E-state index is -0.619. The summed E-state index contributed by atoms with van der Waals surface area (Å²) in [5.41, 5.74) is 0.483. The molecule has 0 aliphatic carbocycles. The van der Waals surface area contributed by atoms with Crippen LogP contribution in [-0.4, -0.2) is 74.9 Å². The van der Waals surface area contributed by atoms with E-state index in [1.54, 1.807) is 38.5 Å². The number of carbonyl (C=O) groups excluding carboxylic acids is 2. The monoisotopic (exact) mass is 436 g/mol. The van der Waals surface area contributed by atoms with E-state index in [0.717, 1.165) is 37.6 Å². The van der Waals surface area contributed by atoms with Gasteiger partial charge in [0, 0.05) is 38.9 Å². The largest absolute Gasteiger partial charge is 0.497 e. The Balaban J connectivity index is 2.05. The number of piperidine rings is 1. The number of nitrogens with zero attached hydrogens (tertiary/aromatic N) is 1. The lowest BCUT2D eigenvalue weighted by Crippen LogP contribution is -2.54. The summed E-state index contributed by atoms with van der Waals surface area (Å²) in [7, 11) is 3.15. The van der Waals surface area contributed by atoms with Gasteiger partial charge in [-0.05, 0) is 62.2 Å². The van der Waals surface area contributed by atoms with E-state index in [2.05, 4.69) is 20.9 Å². The van der Waals surface area contributed by atoms with Crippen LogP contribution in [0.25, 0.3) is 0 Å². The van der Waals surface area contributed by atoms with Gasteiger partial charge in [-0.25, -0.2) is 0 Å². The van der Waals surface area contributed by atoms with Crippen LogP contribution in [0.3, 0.4) is 0 Å². The topological polar surface area (TPSA) is 91.9 Å². The van der Waals surface area contributed by atoms with Crippen LogP contribution in [0, 0.1) is 5.92 Å². The Bertz CT molecular complexity index is 705. The van der Waals surface area contributed by atoms with Gasteiger partial charge in [0.05, 0.1) is 13.7 Å². The molecule has 1 aromatic carbocycles. The fourth-order valence-corrected chi connectivity index (χ4v) is 3.78. The molecule has 0 aromatic heterocycles. The first kappa shape index (κ1) is 23.9. The fraction of sp³-hybridized carbons (Fsp3) is 0.571. The summed E-state index contributed by atoms with van der Waals surface area (Å²) < 4.78 is 10.1. The summed E-state index contributed by atoms with van der Waals surface area (Å²) in [5.74, 6) is 0.219. The molecule has 8 nitrogen and oxygen atoms in total. The highest BCUT2D eigenvalue weighted by Gasteiger charge is 2.33. The number of ether oxygens (including phenoxy) is 2. The minimum Gasteiger partial charge on any atom is -0.497 e. The van der Waals surface area contributed by atoms with Gasteiger partial charge in [-0.15, -0.1) is 0 Å². The Labute approximate surface area is 183 Å². The van der Waals surface area contributed by atoms with E-state index in [0.29, 0.717) is 24.5 Å². The Kier molecular flexibility index (Phi) is 9.82. The van der Waals surface area contributed by atoms with Gasteiger partial charge in [-0.3, -0.25) is 9.59 Å². The average molecular weight is 437 g/mol. The molecular weight excluding hydrogens is 404 g/mol. The molecule has 1 atom stereocenters. The number of methoxy groups -OCH3 is 2. The van der Waals surface area contributed by atoms with Gasteiger partial charge in [0.2, 0.25) is 5.91 Å². The van der Waals surface area contributed by atoms with Crippen molar-refractivity contribution in [3.63, 3.8) is 0 Å². The summed E-state index contributed by atoms with van der Waals surface area (Å²) >= 11 is 5.40. The molecule has 1 saturated heterocycles. The van der Waals surface area contributed by atoms with Crippen LogP contribution >= 0.6 is 12.2 Å². The number of hydrogen-bond acceptors (Lipinski definition) is 5. The van der Waals surface area contributed by atoms with E-state index >= 15 is 0 Å². The van der Waals surface area contributed by atoms with Crippen LogP contribution < -0.4 is 20.7 Å². The molecule has 1 aliphatic rings. The third kappa shape index (κ3) is 6.84. The molecule has 0 bridgehead atoms. The second-order valence-electron chi connectivity index (χ2n) is 7.12. The van der Waals surface area contributed by atoms with E-state index in [1.165, 1.54) is 0 Å². The molecule has 2 amide bonds. The van der Waals surface area contributed by atoms with E-state index in [9.17, 15) is 9.59 Å². The molecule has 9 heteroatoms. The molecule has 166 valence electrons. The van der Waals surface area contributed by atoms with Gasteiger partial charge in [-0.1, -0.05) is 0 Å². The SMILES string of the molecule is CCNC(=S)N1CCC(C(NC(=O)c2ccc(OC)cc2)C(=O)NCCOC)CC1. The highest BCUT2D eigenvalue weighted by molar-refractivity contribution is 7.80. The number of likely N-dealkylation sites (tertiary alicyclic amines) is 1. The van der Waals surface area contributed by atoms with Crippen LogP contribution in [0.5, 0.6) is 5.75 Å². The molecule has 1 unspecified atom stereocenters. The van der Waals surface area contributed by atoms with E-state index in [-0.39, 0.29) is 17.7 Å². The normalized spacial score (nSPS) is 15.2. The quantitative estimate of drug-likeness (QED) is 0.395. The fourth-order valence-electron chi connectivity index (χ4n) is 3.45. The van der Waals surface area contributed by atoms with Gasteiger partial charge in [0.25, 0.3) is 5.91 Å². The first-order chi connectivity index (χ1) is 14.5. The minimum absolute atomic E-state index is 0.0235. The molecule has 1 aliphatic heterocycles. The van der Waals surface area contributed by atoms with Crippen LogP contribution in [0.15, 0.2) is 24.3 Å². The Morgan fingerprint density at radius 1 is 1.17 bits per heavy atom. The second-order valence-corrected chi connectivity index (χ2v) is 7.51. The van der Waals surface area contributed by atoms with Crippen molar-refractivity contribution in [3.05, 3.63) is 29.8 Å². The zero-order chi connectivity index (χ0) is 21.9. The van der Waals surface area contributed by atoms with Crippen molar-refractivity contribution in [2.24, 2.45) is 5.92 Å². The molecule has 30 heavy (non-hydrogen) atoms. The highest BCUT2D eigenvalue weighted by Crippen LogP contribution is 2.22. The predicted molar refractivity (Wildman–Crippen MR) is 120 cm³/mol. The molecule has 3 N–H and O–H groups in total. The van der Waals surface area contributed by atoms with Crippen LogP contribution in [-0.2, 0) is 9.53 Å². The predicted octanol–water partition coefficient (Wildman–Crippen LogP) is 1.16. The molecule has 1 heterocycles. The lowest BCUT2D eigenvalue weighted by molar-refractivity contribution is -0.124. The third-order valence-corrected chi connectivity index (χ3v) is 5.56. The number of hydrogen-bond donors (Lipinski definition) is 3.